The lowest BCUT2D eigenvalue weighted by atomic mass is 10.2. The van der Waals surface area contributed by atoms with Gasteiger partial charge in [-0.05, 0) is 31.3 Å². The molecule has 0 radical (unpaired) electrons. The molecule has 5 nitrogen and oxygen atoms in total. The summed E-state index contributed by atoms with van der Waals surface area (Å²) in [6.07, 6.45) is 0. The number of aryl methyl sites for hydroxylation is 1. The van der Waals surface area contributed by atoms with Crippen LogP contribution in [0.3, 0.4) is 0 Å². The van der Waals surface area contributed by atoms with Crippen LogP contribution >= 0.6 is 12.2 Å². The van der Waals surface area contributed by atoms with Crippen molar-refractivity contribution in [2.24, 2.45) is 0 Å². The fourth-order valence-corrected chi connectivity index (χ4v) is 1.87. The fourth-order valence-electron chi connectivity index (χ4n) is 1.59. The van der Waals surface area contributed by atoms with Gasteiger partial charge in [0.25, 0.3) is 0 Å². The Balaban J connectivity index is 2.69. The molecule has 0 spiro atoms. The Morgan fingerprint density at radius 1 is 1.53 bits per heavy atom. The van der Waals surface area contributed by atoms with Crippen molar-refractivity contribution in [3.8, 4) is 17.5 Å². The van der Waals surface area contributed by atoms with Crippen LogP contribution in [0.5, 0.6) is 5.75 Å². The summed E-state index contributed by atoms with van der Waals surface area (Å²) >= 11 is 5.15. The van der Waals surface area contributed by atoms with E-state index >= 15 is 0 Å². The van der Waals surface area contributed by atoms with Gasteiger partial charge >= 0.3 is 0 Å². The second-order valence-electron chi connectivity index (χ2n) is 3.41. The number of methoxy groups -OCH3 is 1. The summed E-state index contributed by atoms with van der Waals surface area (Å²) in [5.74, 6) is 1.32. The van der Waals surface area contributed by atoms with Crippen molar-refractivity contribution in [3.63, 3.8) is 0 Å². The minimum atomic E-state index is 0.491. The van der Waals surface area contributed by atoms with Crippen LogP contribution in [0.2, 0.25) is 0 Å². The Kier molecular flexibility index (Phi) is 2.93. The Morgan fingerprint density at radius 3 is 2.82 bits per heavy atom. The first-order valence-corrected chi connectivity index (χ1v) is 5.30. The smallest absolute Gasteiger partial charge is 0.199 e. The Labute approximate surface area is 103 Å². The minimum Gasteiger partial charge on any atom is -0.495 e. The molecule has 0 aliphatic carbocycles. The van der Waals surface area contributed by atoms with Crippen LogP contribution in [-0.2, 0) is 0 Å². The van der Waals surface area contributed by atoms with E-state index in [1.807, 2.05) is 6.92 Å². The third kappa shape index (κ3) is 1.92. The highest BCUT2D eigenvalue weighted by Crippen LogP contribution is 2.25. The van der Waals surface area contributed by atoms with Gasteiger partial charge in [-0.2, -0.15) is 10.4 Å². The Hall–Kier alpha value is -2.13. The van der Waals surface area contributed by atoms with Crippen LogP contribution in [0.1, 0.15) is 11.4 Å². The normalized spacial score (nSPS) is 9.94. The molecule has 86 valence electrons. The van der Waals surface area contributed by atoms with Gasteiger partial charge < -0.3 is 4.74 Å². The monoisotopic (exact) mass is 246 g/mol. The molecule has 0 atom stereocenters. The molecule has 0 saturated carbocycles. The van der Waals surface area contributed by atoms with Crippen molar-refractivity contribution < 1.29 is 4.74 Å². The van der Waals surface area contributed by atoms with Gasteiger partial charge in [0, 0.05) is 6.07 Å². The fraction of sp³-hybridized carbons (Fsp3) is 0.182. The molecular weight excluding hydrogens is 236 g/mol. The second kappa shape index (κ2) is 4.39. The van der Waals surface area contributed by atoms with Gasteiger partial charge in [0.15, 0.2) is 4.77 Å². The van der Waals surface area contributed by atoms with E-state index in [0.29, 0.717) is 16.1 Å². The van der Waals surface area contributed by atoms with Gasteiger partial charge in [-0.25, -0.2) is 0 Å². The third-order valence-corrected chi connectivity index (χ3v) is 2.66. The first kappa shape index (κ1) is 11.4. The molecule has 2 aromatic rings. The Morgan fingerprint density at radius 2 is 2.29 bits per heavy atom. The molecule has 2 rings (SSSR count). The highest BCUT2D eigenvalue weighted by atomic mass is 32.1. The Bertz CT molecular complexity index is 650. The molecule has 1 aromatic heterocycles. The predicted molar refractivity (Wildman–Crippen MR) is 64.8 cm³/mol. The predicted octanol–water partition coefficient (Wildman–Crippen LogP) is 2.12. The molecule has 1 heterocycles. The average Bonchev–Trinajstić information content (AvgIpc) is 2.68. The summed E-state index contributed by atoms with van der Waals surface area (Å²) in [5.41, 5.74) is 1.31. The standard InChI is InChI=1S/C11H10N4OS/c1-7-13-14-11(17)15(7)9-4-3-8(6-12)5-10(9)16-2/h3-5H,1-2H3,(H,14,17). The first-order valence-electron chi connectivity index (χ1n) is 4.90. The lowest BCUT2D eigenvalue weighted by Gasteiger charge is -2.10. The summed E-state index contributed by atoms with van der Waals surface area (Å²) in [4.78, 5) is 0. The maximum Gasteiger partial charge on any atom is 0.199 e. The zero-order chi connectivity index (χ0) is 12.4. The topological polar surface area (TPSA) is 66.6 Å². The summed E-state index contributed by atoms with van der Waals surface area (Å²) in [6.45, 7) is 1.84. The van der Waals surface area contributed by atoms with E-state index in [0.717, 1.165) is 11.5 Å². The molecule has 0 aliphatic rings. The molecule has 0 unspecified atom stereocenters. The number of aromatic amines is 1. The minimum absolute atomic E-state index is 0.491. The van der Waals surface area contributed by atoms with E-state index < -0.39 is 0 Å². The van der Waals surface area contributed by atoms with Gasteiger partial charge in [0.05, 0.1) is 24.4 Å². The molecule has 0 amide bonds. The number of benzene rings is 1. The van der Waals surface area contributed by atoms with Crippen molar-refractivity contribution in [2.45, 2.75) is 6.92 Å². The van der Waals surface area contributed by atoms with Gasteiger partial charge in [0.1, 0.15) is 11.6 Å². The highest BCUT2D eigenvalue weighted by molar-refractivity contribution is 7.71. The molecule has 0 aliphatic heterocycles. The van der Waals surface area contributed by atoms with Crippen LogP contribution < -0.4 is 4.74 Å². The lowest BCUT2D eigenvalue weighted by molar-refractivity contribution is 0.412. The number of H-pyrrole nitrogens is 1. The van der Waals surface area contributed by atoms with E-state index in [1.165, 1.54) is 0 Å². The maximum atomic E-state index is 8.84. The highest BCUT2D eigenvalue weighted by Gasteiger charge is 2.10. The van der Waals surface area contributed by atoms with Gasteiger partial charge in [0.2, 0.25) is 0 Å². The second-order valence-corrected chi connectivity index (χ2v) is 3.80. The third-order valence-electron chi connectivity index (χ3n) is 2.39. The number of nitrogens with one attached hydrogen (secondary N) is 1. The van der Waals surface area contributed by atoms with Crippen molar-refractivity contribution in [3.05, 3.63) is 34.4 Å². The lowest BCUT2D eigenvalue weighted by Crippen LogP contribution is -2.00. The van der Waals surface area contributed by atoms with E-state index in [2.05, 4.69) is 16.3 Å². The maximum absolute atomic E-state index is 8.84. The summed E-state index contributed by atoms with van der Waals surface area (Å²) in [5, 5.41) is 15.6. The van der Waals surface area contributed by atoms with Crippen LogP contribution in [0, 0.1) is 23.0 Å². The molecule has 0 bridgehead atoms. The molecule has 0 fully saturated rings. The molecule has 1 aromatic carbocycles. The zero-order valence-corrected chi connectivity index (χ0v) is 10.2. The number of hydrogen-bond acceptors (Lipinski definition) is 4. The molecule has 6 heteroatoms. The number of nitrogens with zero attached hydrogens (tertiary/aromatic N) is 3. The van der Waals surface area contributed by atoms with E-state index in [9.17, 15) is 0 Å². The summed E-state index contributed by atoms with van der Waals surface area (Å²) < 4.78 is 7.51. The molecule has 0 saturated heterocycles. The van der Waals surface area contributed by atoms with Crippen LogP contribution in [0.15, 0.2) is 18.2 Å². The first-order chi connectivity index (χ1) is 8.17. The van der Waals surface area contributed by atoms with E-state index in [-0.39, 0.29) is 0 Å². The summed E-state index contributed by atoms with van der Waals surface area (Å²) in [7, 11) is 1.55. The van der Waals surface area contributed by atoms with Crippen molar-refractivity contribution in [2.75, 3.05) is 7.11 Å². The molecule has 17 heavy (non-hydrogen) atoms. The number of aromatic nitrogens is 3. The number of nitriles is 1. The quantitative estimate of drug-likeness (QED) is 0.824. The van der Waals surface area contributed by atoms with Gasteiger partial charge in [-0.3, -0.25) is 9.67 Å². The molecule has 1 N–H and O–H groups in total. The van der Waals surface area contributed by atoms with E-state index in [1.54, 1.807) is 29.9 Å². The van der Waals surface area contributed by atoms with Crippen molar-refractivity contribution in [1.29, 1.82) is 5.26 Å². The molecular formula is C11H10N4OS. The van der Waals surface area contributed by atoms with Crippen LogP contribution in [0.25, 0.3) is 5.69 Å². The zero-order valence-electron chi connectivity index (χ0n) is 9.39. The summed E-state index contributed by atoms with van der Waals surface area (Å²) in [6, 6.07) is 7.24. The van der Waals surface area contributed by atoms with Crippen molar-refractivity contribution >= 4 is 12.2 Å². The number of rotatable bonds is 2. The van der Waals surface area contributed by atoms with Gasteiger partial charge in [-0.15, -0.1) is 0 Å². The van der Waals surface area contributed by atoms with E-state index in [4.69, 9.17) is 22.2 Å². The number of ether oxygens (including phenoxy) is 1. The van der Waals surface area contributed by atoms with Crippen LogP contribution in [0.4, 0.5) is 0 Å². The average molecular weight is 246 g/mol. The SMILES string of the molecule is COc1cc(C#N)ccc1-n1c(C)n[nH]c1=S. The largest absolute Gasteiger partial charge is 0.495 e. The van der Waals surface area contributed by atoms with Crippen molar-refractivity contribution in [1.82, 2.24) is 14.8 Å². The number of hydrogen-bond donors (Lipinski definition) is 1. The van der Waals surface area contributed by atoms with Crippen LogP contribution in [-0.4, -0.2) is 21.9 Å². The van der Waals surface area contributed by atoms with Gasteiger partial charge in [-0.1, -0.05) is 0 Å².